The Hall–Kier alpha value is -2.38. The summed E-state index contributed by atoms with van der Waals surface area (Å²) in [7, 11) is 0. The fourth-order valence-electron chi connectivity index (χ4n) is 3.87. The Labute approximate surface area is 174 Å². The maximum atomic E-state index is 13.5. The number of benzene rings is 1. The maximum absolute atomic E-state index is 13.5. The van der Waals surface area contributed by atoms with Gasteiger partial charge in [0.1, 0.15) is 23.8 Å². The second-order valence-electron chi connectivity index (χ2n) is 7.37. The Morgan fingerprint density at radius 1 is 1.33 bits per heavy atom. The van der Waals surface area contributed by atoms with Crippen molar-refractivity contribution in [3.8, 4) is 0 Å². The van der Waals surface area contributed by atoms with Gasteiger partial charge in [-0.15, -0.1) is 0 Å². The molecule has 3 atom stereocenters. The SMILES string of the molecule is CC=N/C(=c1/ccn(C2CCC(C(O)c3ccc(F)c(C)c3)O2)/c1=C\CC)C(F)F. The zero-order chi connectivity index (χ0) is 21.8. The van der Waals surface area contributed by atoms with Crippen LogP contribution in [0.5, 0.6) is 0 Å². The number of alkyl halides is 2. The largest absolute Gasteiger partial charge is 0.386 e. The van der Waals surface area contributed by atoms with Crippen molar-refractivity contribution < 1.29 is 23.0 Å². The van der Waals surface area contributed by atoms with Gasteiger partial charge in [-0.05, 0) is 56.4 Å². The summed E-state index contributed by atoms with van der Waals surface area (Å²) in [5.74, 6) is -0.323. The van der Waals surface area contributed by atoms with Gasteiger partial charge in [-0.25, -0.2) is 13.2 Å². The van der Waals surface area contributed by atoms with Crippen LogP contribution in [0.15, 0.2) is 35.5 Å². The number of rotatable bonds is 6. The number of halogens is 3. The van der Waals surface area contributed by atoms with Crippen LogP contribution in [-0.2, 0) is 4.74 Å². The molecule has 2 aromatic rings. The Bertz CT molecular complexity index is 1030. The fraction of sp³-hybridized carbons (Fsp3) is 0.435. The summed E-state index contributed by atoms with van der Waals surface area (Å²) in [6.07, 6.45) is 2.41. The van der Waals surface area contributed by atoms with Crippen molar-refractivity contribution in [3.63, 3.8) is 0 Å². The summed E-state index contributed by atoms with van der Waals surface area (Å²) in [6.45, 7) is 5.19. The zero-order valence-electron chi connectivity index (χ0n) is 17.4. The van der Waals surface area contributed by atoms with Crippen LogP contribution in [-0.4, -0.2) is 28.4 Å². The smallest absolute Gasteiger partial charge is 0.281 e. The van der Waals surface area contributed by atoms with E-state index >= 15 is 0 Å². The average molecular weight is 420 g/mol. The summed E-state index contributed by atoms with van der Waals surface area (Å²) in [6, 6.07) is 6.14. The summed E-state index contributed by atoms with van der Waals surface area (Å²) >= 11 is 0. The number of aryl methyl sites for hydroxylation is 1. The lowest BCUT2D eigenvalue weighted by molar-refractivity contribution is -0.0612. The molecule has 1 aliphatic rings. The lowest BCUT2D eigenvalue weighted by Gasteiger charge is -2.21. The molecule has 0 spiro atoms. The molecule has 0 radical (unpaired) electrons. The highest BCUT2D eigenvalue weighted by molar-refractivity contribution is 5.64. The van der Waals surface area contributed by atoms with Crippen LogP contribution in [0.1, 0.15) is 56.6 Å². The van der Waals surface area contributed by atoms with Crippen molar-refractivity contribution in [2.75, 3.05) is 0 Å². The van der Waals surface area contributed by atoms with E-state index in [0.717, 1.165) is 0 Å². The Balaban J connectivity index is 1.92. The number of hydrogen-bond acceptors (Lipinski definition) is 3. The molecule has 2 heterocycles. The maximum Gasteiger partial charge on any atom is 0.281 e. The minimum Gasteiger partial charge on any atom is -0.386 e. The van der Waals surface area contributed by atoms with Crippen LogP contribution in [0.3, 0.4) is 0 Å². The van der Waals surface area contributed by atoms with Crippen molar-refractivity contribution >= 4 is 18.0 Å². The van der Waals surface area contributed by atoms with E-state index in [0.29, 0.717) is 41.0 Å². The molecule has 1 aromatic heterocycles. The van der Waals surface area contributed by atoms with Gasteiger partial charge in [0.15, 0.2) is 0 Å². The number of ether oxygens (including phenoxy) is 1. The van der Waals surface area contributed by atoms with Crippen LogP contribution in [0.4, 0.5) is 13.2 Å². The van der Waals surface area contributed by atoms with Crippen LogP contribution >= 0.6 is 0 Å². The van der Waals surface area contributed by atoms with E-state index in [4.69, 9.17) is 4.74 Å². The third-order valence-electron chi connectivity index (χ3n) is 5.32. The van der Waals surface area contributed by atoms with Crippen molar-refractivity contribution in [1.29, 1.82) is 0 Å². The van der Waals surface area contributed by atoms with Gasteiger partial charge in [-0.1, -0.05) is 25.1 Å². The van der Waals surface area contributed by atoms with E-state index in [1.807, 2.05) is 17.6 Å². The molecule has 0 amide bonds. The highest BCUT2D eigenvalue weighted by Crippen LogP contribution is 2.35. The van der Waals surface area contributed by atoms with Crippen LogP contribution in [0.25, 0.3) is 11.8 Å². The molecular weight excluding hydrogens is 393 g/mol. The first-order valence-corrected chi connectivity index (χ1v) is 10.1. The lowest BCUT2D eigenvalue weighted by Crippen LogP contribution is -2.34. The van der Waals surface area contributed by atoms with E-state index in [2.05, 4.69) is 4.99 Å². The molecule has 162 valence electrons. The molecule has 3 rings (SSSR count). The third-order valence-corrected chi connectivity index (χ3v) is 5.32. The Kier molecular flexibility index (Phi) is 7.15. The van der Waals surface area contributed by atoms with Gasteiger partial charge < -0.3 is 14.4 Å². The lowest BCUT2D eigenvalue weighted by atomic mass is 10.0. The van der Waals surface area contributed by atoms with E-state index in [-0.39, 0.29) is 17.7 Å². The number of hydrogen-bond donors (Lipinski definition) is 1. The number of aromatic nitrogens is 1. The van der Waals surface area contributed by atoms with Gasteiger partial charge in [-0.3, -0.25) is 4.99 Å². The number of aliphatic hydroxyl groups excluding tert-OH is 1. The number of nitrogens with zero attached hydrogens (tertiary/aromatic N) is 2. The van der Waals surface area contributed by atoms with Crippen molar-refractivity contribution in [1.82, 2.24) is 4.57 Å². The molecule has 1 aliphatic heterocycles. The summed E-state index contributed by atoms with van der Waals surface area (Å²) in [5.41, 5.74) is 0.786. The molecule has 7 heteroatoms. The monoisotopic (exact) mass is 420 g/mol. The first-order valence-electron chi connectivity index (χ1n) is 10.1. The van der Waals surface area contributed by atoms with E-state index in [1.165, 1.54) is 12.3 Å². The molecule has 1 fully saturated rings. The van der Waals surface area contributed by atoms with E-state index in [1.54, 1.807) is 38.2 Å². The molecule has 1 saturated heterocycles. The van der Waals surface area contributed by atoms with E-state index in [9.17, 15) is 18.3 Å². The fourth-order valence-corrected chi connectivity index (χ4v) is 3.87. The second kappa shape index (κ2) is 9.62. The van der Waals surface area contributed by atoms with E-state index < -0.39 is 18.6 Å². The van der Waals surface area contributed by atoms with Crippen molar-refractivity contribution in [2.24, 2.45) is 4.99 Å². The number of aliphatic imine (C=N–C) groups is 1. The van der Waals surface area contributed by atoms with Gasteiger partial charge in [0.05, 0.1) is 6.10 Å². The molecule has 1 N–H and O–H groups in total. The van der Waals surface area contributed by atoms with Crippen molar-refractivity contribution in [2.45, 2.75) is 64.9 Å². The number of aliphatic hydroxyl groups is 1. The molecule has 0 aliphatic carbocycles. The van der Waals surface area contributed by atoms with Gasteiger partial charge in [0.2, 0.25) is 0 Å². The molecule has 3 unspecified atom stereocenters. The molecular formula is C23H27F3N2O2. The quantitative estimate of drug-likeness (QED) is 0.718. The average Bonchev–Trinajstić information content (AvgIpc) is 3.35. The predicted octanol–water partition coefficient (Wildman–Crippen LogP) is 4.00. The van der Waals surface area contributed by atoms with Crippen LogP contribution < -0.4 is 10.6 Å². The molecule has 30 heavy (non-hydrogen) atoms. The molecule has 1 aromatic carbocycles. The highest BCUT2D eigenvalue weighted by atomic mass is 19.3. The summed E-state index contributed by atoms with van der Waals surface area (Å²) in [5, 5.41) is 11.7. The van der Waals surface area contributed by atoms with Crippen molar-refractivity contribution in [3.05, 3.63) is 58.0 Å². The minimum atomic E-state index is -2.69. The van der Waals surface area contributed by atoms with Crippen LogP contribution in [0, 0.1) is 12.7 Å². The third kappa shape index (κ3) is 4.52. The first-order chi connectivity index (χ1) is 14.4. The molecule has 4 nitrogen and oxygen atoms in total. The summed E-state index contributed by atoms with van der Waals surface area (Å²) in [4.78, 5) is 3.87. The Morgan fingerprint density at radius 3 is 2.73 bits per heavy atom. The normalized spacial score (nSPS) is 22.3. The predicted molar refractivity (Wildman–Crippen MR) is 111 cm³/mol. The van der Waals surface area contributed by atoms with Crippen LogP contribution in [0.2, 0.25) is 0 Å². The topological polar surface area (TPSA) is 46.8 Å². The molecule has 0 bridgehead atoms. The first kappa shape index (κ1) is 22.3. The standard InChI is InChI=1S/C23H27F3N2O2/c1-4-6-18-16(21(23(25)26)27-5-2)11-12-28(18)20-10-9-19(30-20)22(29)15-7-8-17(24)14(3)13-15/h5-8,11-13,19-20,22-23,29H,4,9-10H2,1-3H3/b18-6-,21-16-,27-5?. The van der Waals surface area contributed by atoms with Gasteiger partial charge >= 0.3 is 0 Å². The van der Waals surface area contributed by atoms with Gasteiger partial charge in [0, 0.05) is 23.0 Å². The van der Waals surface area contributed by atoms with Gasteiger partial charge in [-0.2, -0.15) is 0 Å². The Morgan fingerprint density at radius 2 is 2.10 bits per heavy atom. The second-order valence-corrected chi connectivity index (χ2v) is 7.37. The van der Waals surface area contributed by atoms with Gasteiger partial charge in [0.25, 0.3) is 6.43 Å². The molecule has 0 saturated carbocycles. The zero-order valence-corrected chi connectivity index (χ0v) is 17.4. The highest BCUT2D eigenvalue weighted by Gasteiger charge is 2.33. The minimum absolute atomic E-state index is 0.271. The summed E-state index contributed by atoms with van der Waals surface area (Å²) < 4.78 is 48.5.